The first-order valence-corrected chi connectivity index (χ1v) is 4.72. The molecule has 4 heteroatoms. The Balaban J connectivity index is 0.00000144. The van der Waals surface area contributed by atoms with Crippen molar-refractivity contribution < 1.29 is 28.5 Å². The van der Waals surface area contributed by atoms with Crippen molar-refractivity contribution in [3.05, 3.63) is 22.7 Å². The first-order chi connectivity index (χ1) is 5.41. The first-order valence-electron chi connectivity index (χ1n) is 3.92. The van der Waals surface area contributed by atoms with Gasteiger partial charge in [-0.2, -0.15) is 0 Å². The largest absolute Gasteiger partial charge is 1.00 e. The van der Waals surface area contributed by atoms with Crippen LogP contribution in [-0.4, -0.2) is 4.98 Å². The summed E-state index contributed by atoms with van der Waals surface area (Å²) in [7, 11) is 1.96. The molecule has 0 amide bonds. The van der Waals surface area contributed by atoms with Crippen LogP contribution in [0.4, 0.5) is 0 Å². The van der Waals surface area contributed by atoms with Crippen LogP contribution in [0.2, 0.25) is 0 Å². The van der Waals surface area contributed by atoms with E-state index in [-0.39, 0.29) is 29.4 Å². The molecular weight excluding hydrogens is 343 g/mol. The van der Waals surface area contributed by atoms with Gasteiger partial charge in [-0.05, 0) is 15.9 Å². The Morgan fingerprint density at radius 3 is 2.31 bits per heavy atom. The molecule has 0 N–H and O–H groups in total. The molecule has 0 radical (unpaired) electrons. The summed E-state index contributed by atoms with van der Waals surface area (Å²) in [6.07, 6.45) is 3.85. The molecule has 1 rings (SSSR count). The molecular formula is C9H14BrIN2. The molecule has 0 aromatic carbocycles. The van der Waals surface area contributed by atoms with E-state index in [1.165, 1.54) is 0 Å². The summed E-state index contributed by atoms with van der Waals surface area (Å²) < 4.78 is 3.00. The summed E-state index contributed by atoms with van der Waals surface area (Å²) in [5, 5.41) is 0. The number of nitrogens with zero attached hydrogens (tertiary/aromatic N) is 2. The quantitative estimate of drug-likeness (QED) is 0.429. The van der Waals surface area contributed by atoms with Crippen LogP contribution in [0.25, 0.3) is 0 Å². The second-order valence-electron chi connectivity index (χ2n) is 3.99. The third kappa shape index (κ3) is 3.50. The first kappa shape index (κ1) is 13.3. The highest BCUT2D eigenvalue weighted by molar-refractivity contribution is 9.10. The number of halogens is 2. The van der Waals surface area contributed by atoms with Gasteiger partial charge in [-0.15, -0.1) is 0 Å². The molecule has 0 fully saturated rings. The Kier molecular flexibility index (Phi) is 4.79. The molecule has 0 atom stereocenters. The van der Waals surface area contributed by atoms with Gasteiger partial charge in [0.05, 0.1) is 7.05 Å². The zero-order chi connectivity index (χ0) is 9.35. The van der Waals surface area contributed by atoms with Crippen molar-refractivity contribution in [3.8, 4) is 0 Å². The summed E-state index contributed by atoms with van der Waals surface area (Å²) in [5.74, 6) is 0. The van der Waals surface area contributed by atoms with Gasteiger partial charge < -0.3 is 24.0 Å². The van der Waals surface area contributed by atoms with E-state index in [1.54, 1.807) is 0 Å². The third-order valence-electron chi connectivity index (χ3n) is 1.62. The van der Waals surface area contributed by atoms with Gasteiger partial charge in [-0.3, -0.25) is 0 Å². The van der Waals surface area contributed by atoms with Gasteiger partial charge >= 0.3 is 0 Å². The van der Waals surface area contributed by atoms with E-state index in [0.29, 0.717) is 0 Å². The smallest absolute Gasteiger partial charge is 0.286 e. The number of aryl methyl sites for hydroxylation is 1. The summed E-state index contributed by atoms with van der Waals surface area (Å²) in [5.41, 5.74) is 1.20. The predicted molar refractivity (Wildman–Crippen MR) is 51.8 cm³/mol. The fraction of sp³-hybridized carbons (Fsp3) is 0.556. The van der Waals surface area contributed by atoms with Crippen LogP contribution in [-0.2, 0) is 12.5 Å². The van der Waals surface area contributed by atoms with Crippen LogP contribution in [0.5, 0.6) is 0 Å². The number of hydrogen-bond acceptors (Lipinski definition) is 1. The average Bonchev–Trinajstić information content (AvgIpc) is 1.83. The molecule has 0 saturated heterocycles. The van der Waals surface area contributed by atoms with Crippen LogP contribution in [0.3, 0.4) is 0 Å². The minimum absolute atomic E-state index is 0. The van der Waals surface area contributed by atoms with Gasteiger partial charge in [0.2, 0.25) is 0 Å². The molecule has 0 bridgehead atoms. The van der Waals surface area contributed by atoms with Crippen molar-refractivity contribution in [1.29, 1.82) is 0 Å². The molecule has 0 saturated carbocycles. The van der Waals surface area contributed by atoms with Crippen LogP contribution in [0.15, 0.2) is 17.0 Å². The van der Waals surface area contributed by atoms with Crippen molar-refractivity contribution >= 4 is 15.9 Å². The lowest BCUT2D eigenvalue weighted by Crippen LogP contribution is -3.00. The molecule has 0 spiro atoms. The maximum Gasteiger partial charge on any atom is 0.286 e. The Morgan fingerprint density at radius 2 is 1.92 bits per heavy atom. The third-order valence-corrected chi connectivity index (χ3v) is 2.20. The minimum Gasteiger partial charge on any atom is -1.00 e. The second-order valence-corrected chi connectivity index (χ2v) is 4.84. The molecule has 0 aliphatic rings. The monoisotopic (exact) mass is 356 g/mol. The van der Waals surface area contributed by atoms with Crippen molar-refractivity contribution in [3.63, 3.8) is 0 Å². The van der Waals surface area contributed by atoms with Crippen LogP contribution >= 0.6 is 15.9 Å². The number of rotatable bonds is 0. The topological polar surface area (TPSA) is 16.8 Å². The molecule has 1 aromatic rings. The van der Waals surface area contributed by atoms with E-state index in [1.807, 2.05) is 24.1 Å². The van der Waals surface area contributed by atoms with E-state index >= 15 is 0 Å². The van der Waals surface area contributed by atoms with E-state index in [4.69, 9.17) is 0 Å². The lowest BCUT2D eigenvalue weighted by molar-refractivity contribution is -0.675. The fourth-order valence-electron chi connectivity index (χ4n) is 1.04. The van der Waals surface area contributed by atoms with E-state index in [9.17, 15) is 0 Å². The van der Waals surface area contributed by atoms with E-state index in [0.717, 1.165) is 10.2 Å². The van der Waals surface area contributed by atoms with Crippen molar-refractivity contribution in [2.75, 3.05) is 0 Å². The Morgan fingerprint density at radius 1 is 1.38 bits per heavy atom. The van der Waals surface area contributed by atoms with Crippen molar-refractivity contribution in [2.24, 2.45) is 7.05 Å². The van der Waals surface area contributed by atoms with Crippen molar-refractivity contribution in [1.82, 2.24) is 4.98 Å². The Bertz CT molecular complexity index is 294. The van der Waals surface area contributed by atoms with Crippen LogP contribution < -0.4 is 28.5 Å². The Labute approximate surface area is 105 Å². The summed E-state index contributed by atoms with van der Waals surface area (Å²) in [4.78, 5) is 4.37. The lowest BCUT2D eigenvalue weighted by atomic mass is 9.92. The van der Waals surface area contributed by atoms with Gasteiger partial charge in [0, 0.05) is 5.41 Å². The van der Waals surface area contributed by atoms with Crippen LogP contribution in [0.1, 0.15) is 26.5 Å². The summed E-state index contributed by atoms with van der Waals surface area (Å²) in [6.45, 7) is 6.46. The van der Waals surface area contributed by atoms with Gasteiger partial charge in [0.25, 0.3) is 6.33 Å². The number of hydrogen-bond donors (Lipinski definition) is 0. The fourth-order valence-corrected chi connectivity index (χ4v) is 2.06. The zero-order valence-electron chi connectivity index (χ0n) is 8.31. The van der Waals surface area contributed by atoms with Gasteiger partial charge in [-0.1, -0.05) is 25.8 Å². The maximum absolute atomic E-state index is 4.37. The van der Waals surface area contributed by atoms with Crippen LogP contribution in [0, 0.1) is 0 Å². The molecule has 13 heavy (non-hydrogen) atoms. The normalized spacial score (nSPS) is 10.8. The molecule has 74 valence electrons. The lowest BCUT2D eigenvalue weighted by Gasteiger charge is -2.13. The summed E-state index contributed by atoms with van der Waals surface area (Å²) in [6, 6.07) is 0. The van der Waals surface area contributed by atoms with E-state index < -0.39 is 0 Å². The molecule has 0 aliphatic carbocycles. The molecule has 2 nitrogen and oxygen atoms in total. The molecule has 1 heterocycles. The predicted octanol–water partition coefficient (Wildman–Crippen LogP) is -1.03. The van der Waals surface area contributed by atoms with E-state index in [2.05, 4.69) is 41.7 Å². The molecule has 0 unspecified atom stereocenters. The van der Waals surface area contributed by atoms with Gasteiger partial charge in [0.1, 0.15) is 10.7 Å². The maximum atomic E-state index is 4.37. The Hall–Kier alpha value is 0.290. The summed E-state index contributed by atoms with van der Waals surface area (Å²) >= 11 is 3.50. The second kappa shape index (κ2) is 4.68. The average molecular weight is 357 g/mol. The highest BCUT2D eigenvalue weighted by Gasteiger charge is 2.23. The van der Waals surface area contributed by atoms with Crippen molar-refractivity contribution in [2.45, 2.75) is 26.2 Å². The van der Waals surface area contributed by atoms with Gasteiger partial charge in [0.15, 0.2) is 5.69 Å². The minimum atomic E-state index is 0. The van der Waals surface area contributed by atoms with Gasteiger partial charge in [-0.25, -0.2) is 4.57 Å². The number of aromatic nitrogens is 2. The highest BCUT2D eigenvalue weighted by Crippen LogP contribution is 2.25. The highest BCUT2D eigenvalue weighted by atomic mass is 127. The standard InChI is InChI=1S/C9H14BrN2.HI/c1-9(2,3)8-7(10)5-12(4)6-11-8;/h5-6H,1-4H3;1H/q+1;/p-1. The SMILES string of the molecule is C[n+]1cnc(C(C)(C)C)c(Br)c1.[I-]. The zero-order valence-corrected chi connectivity index (χ0v) is 12.0. The molecule has 1 aromatic heterocycles. The molecule has 0 aliphatic heterocycles.